The summed E-state index contributed by atoms with van der Waals surface area (Å²) < 4.78 is 0. The van der Waals surface area contributed by atoms with Gasteiger partial charge in [0, 0.05) is 18.6 Å². The molecule has 1 rings (SSSR count). The highest BCUT2D eigenvalue weighted by atomic mass is 15.2. The summed E-state index contributed by atoms with van der Waals surface area (Å²) in [7, 11) is 0. The lowest BCUT2D eigenvalue weighted by atomic mass is 9.82. The van der Waals surface area contributed by atoms with Gasteiger partial charge in [0.25, 0.3) is 0 Å². The van der Waals surface area contributed by atoms with E-state index in [0.717, 1.165) is 6.54 Å². The minimum atomic E-state index is 0.262. The lowest BCUT2D eigenvalue weighted by molar-refractivity contribution is 0.230. The van der Waals surface area contributed by atoms with E-state index in [2.05, 4.69) is 44.8 Å². The predicted octanol–water partition coefficient (Wildman–Crippen LogP) is 2.89. The standard InChI is InChI=1S/C14H30N2/c1-13(2,3)12-14(4,5)15-8-11-16-9-6-7-10-16/h15H,6-12H2,1-5H3. The van der Waals surface area contributed by atoms with Gasteiger partial charge in [0.15, 0.2) is 0 Å². The molecule has 0 aromatic carbocycles. The van der Waals surface area contributed by atoms with Crippen LogP contribution in [-0.4, -0.2) is 36.6 Å². The molecular formula is C14H30N2. The third kappa shape index (κ3) is 5.86. The Morgan fingerprint density at radius 2 is 1.56 bits per heavy atom. The van der Waals surface area contributed by atoms with E-state index in [4.69, 9.17) is 0 Å². The van der Waals surface area contributed by atoms with E-state index in [1.807, 2.05) is 0 Å². The molecule has 2 heteroatoms. The molecular weight excluding hydrogens is 196 g/mol. The average molecular weight is 226 g/mol. The van der Waals surface area contributed by atoms with Crippen molar-refractivity contribution in [2.45, 2.75) is 59.4 Å². The molecule has 1 aliphatic heterocycles. The molecule has 0 atom stereocenters. The molecule has 0 amide bonds. The lowest BCUT2D eigenvalue weighted by Gasteiger charge is -2.34. The quantitative estimate of drug-likeness (QED) is 0.775. The summed E-state index contributed by atoms with van der Waals surface area (Å²) in [5.41, 5.74) is 0.669. The van der Waals surface area contributed by atoms with Gasteiger partial charge < -0.3 is 10.2 Å². The van der Waals surface area contributed by atoms with Gasteiger partial charge in [0.2, 0.25) is 0 Å². The van der Waals surface area contributed by atoms with E-state index in [9.17, 15) is 0 Å². The molecule has 0 aliphatic carbocycles. The fourth-order valence-electron chi connectivity index (χ4n) is 2.95. The fourth-order valence-corrected chi connectivity index (χ4v) is 2.95. The summed E-state index contributed by atoms with van der Waals surface area (Å²) in [5.74, 6) is 0. The molecule has 0 aromatic rings. The van der Waals surface area contributed by atoms with Crippen LogP contribution in [0, 0.1) is 5.41 Å². The second-order valence-electron chi connectivity index (χ2n) is 7.10. The van der Waals surface area contributed by atoms with Crippen molar-refractivity contribution in [1.29, 1.82) is 0 Å². The molecule has 1 saturated heterocycles. The van der Waals surface area contributed by atoms with Crippen LogP contribution in [0.2, 0.25) is 0 Å². The molecule has 0 spiro atoms. The van der Waals surface area contributed by atoms with Gasteiger partial charge in [0.05, 0.1) is 0 Å². The number of likely N-dealkylation sites (tertiary alicyclic amines) is 1. The average Bonchev–Trinajstić information content (AvgIpc) is 2.51. The molecule has 1 fully saturated rings. The monoisotopic (exact) mass is 226 g/mol. The van der Waals surface area contributed by atoms with Crippen molar-refractivity contribution in [1.82, 2.24) is 10.2 Å². The molecule has 2 nitrogen and oxygen atoms in total. The van der Waals surface area contributed by atoms with E-state index >= 15 is 0 Å². The molecule has 0 bridgehead atoms. The molecule has 96 valence electrons. The smallest absolute Gasteiger partial charge is 0.0130 e. The number of hydrogen-bond donors (Lipinski definition) is 1. The first-order valence-electron chi connectivity index (χ1n) is 6.76. The van der Waals surface area contributed by atoms with E-state index in [1.165, 1.54) is 38.9 Å². The van der Waals surface area contributed by atoms with Gasteiger partial charge >= 0.3 is 0 Å². The number of rotatable bonds is 5. The van der Waals surface area contributed by atoms with Crippen LogP contribution in [0.4, 0.5) is 0 Å². The maximum absolute atomic E-state index is 3.70. The van der Waals surface area contributed by atoms with Gasteiger partial charge in [-0.05, 0) is 51.6 Å². The van der Waals surface area contributed by atoms with E-state index < -0.39 is 0 Å². The van der Waals surface area contributed by atoms with Crippen molar-refractivity contribution in [3.63, 3.8) is 0 Å². The molecule has 0 unspecified atom stereocenters. The SMILES string of the molecule is CC(C)(C)CC(C)(C)NCCN1CCCC1. The van der Waals surface area contributed by atoms with Crippen LogP contribution >= 0.6 is 0 Å². The van der Waals surface area contributed by atoms with E-state index in [1.54, 1.807) is 0 Å². The minimum absolute atomic E-state index is 0.262. The largest absolute Gasteiger partial charge is 0.311 e. The highest BCUT2D eigenvalue weighted by Crippen LogP contribution is 2.26. The Kier molecular flexibility index (Phi) is 4.81. The maximum Gasteiger partial charge on any atom is 0.0130 e. The molecule has 0 saturated carbocycles. The van der Waals surface area contributed by atoms with Crippen molar-refractivity contribution in [3.8, 4) is 0 Å². The Balaban J connectivity index is 2.19. The van der Waals surface area contributed by atoms with E-state index in [-0.39, 0.29) is 5.54 Å². The van der Waals surface area contributed by atoms with Gasteiger partial charge in [-0.3, -0.25) is 0 Å². The summed E-state index contributed by atoms with van der Waals surface area (Å²) in [6.07, 6.45) is 4.01. The van der Waals surface area contributed by atoms with Crippen LogP contribution in [0.25, 0.3) is 0 Å². The van der Waals surface area contributed by atoms with Crippen LogP contribution in [0.3, 0.4) is 0 Å². The first-order chi connectivity index (χ1) is 7.29. The zero-order valence-corrected chi connectivity index (χ0v) is 11.9. The molecule has 16 heavy (non-hydrogen) atoms. The van der Waals surface area contributed by atoms with Crippen LogP contribution in [0.5, 0.6) is 0 Å². The van der Waals surface area contributed by atoms with Crippen molar-refractivity contribution >= 4 is 0 Å². The minimum Gasteiger partial charge on any atom is -0.311 e. The number of hydrogen-bond acceptors (Lipinski definition) is 2. The molecule has 1 heterocycles. The predicted molar refractivity (Wildman–Crippen MR) is 71.8 cm³/mol. The normalized spacial score (nSPS) is 19.3. The lowest BCUT2D eigenvalue weighted by Crippen LogP contribution is -2.45. The molecule has 1 N–H and O–H groups in total. The number of nitrogens with zero attached hydrogens (tertiary/aromatic N) is 1. The second kappa shape index (κ2) is 5.50. The highest BCUT2D eigenvalue weighted by Gasteiger charge is 2.24. The zero-order chi connectivity index (χ0) is 12.2. The Hall–Kier alpha value is -0.0800. The Labute approximate surface area is 102 Å². The molecule has 0 radical (unpaired) electrons. The Morgan fingerprint density at radius 3 is 2.06 bits per heavy atom. The van der Waals surface area contributed by atoms with Gasteiger partial charge in [-0.25, -0.2) is 0 Å². The van der Waals surface area contributed by atoms with Crippen molar-refractivity contribution < 1.29 is 0 Å². The van der Waals surface area contributed by atoms with Crippen molar-refractivity contribution in [3.05, 3.63) is 0 Å². The van der Waals surface area contributed by atoms with Gasteiger partial charge in [-0.1, -0.05) is 20.8 Å². The van der Waals surface area contributed by atoms with E-state index in [0.29, 0.717) is 5.41 Å². The highest BCUT2D eigenvalue weighted by molar-refractivity contribution is 4.83. The zero-order valence-electron chi connectivity index (χ0n) is 11.9. The summed E-state index contributed by atoms with van der Waals surface area (Å²) in [5, 5.41) is 3.70. The number of nitrogens with one attached hydrogen (secondary N) is 1. The molecule has 1 aliphatic rings. The second-order valence-corrected chi connectivity index (χ2v) is 7.10. The van der Waals surface area contributed by atoms with Crippen LogP contribution < -0.4 is 5.32 Å². The van der Waals surface area contributed by atoms with Crippen LogP contribution in [0.1, 0.15) is 53.9 Å². The van der Waals surface area contributed by atoms with Crippen molar-refractivity contribution in [2.75, 3.05) is 26.2 Å². The maximum atomic E-state index is 3.70. The third-order valence-electron chi connectivity index (χ3n) is 3.20. The topological polar surface area (TPSA) is 15.3 Å². The third-order valence-corrected chi connectivity index (χ3v) is 3.20. The summed E-state index contributed by atoms with van der Waals surface area (Å²) >= 11 is 0. The fraction of sp³-hybridized carbons (Fsp3) is 1.00. The summed E-state index contributed by atoms with van der Waals surface area (Å²) in [6, 6.07) is 0. The van der Waals surface area contributed by atoms with Crippen LogP contribution in [-0.2, 0) is 0 Å². The van der Waals surface area contributed by atoms with Crippen molar-refractivity contribution in [2.24, 2.45) is 5.41 Å². The first kappa shape index (κ1) is 14.0. The summed E-state index contributed by atoms with van der Waals surface area (Å²) in [4.78, 5) is 2.57. The Morgan fingerprint density at radius 1 is 1.00 bits per heavy atom. The van der Waals surface area contributed by atoms with Crippen LogP contribution in [0.15, 0.2) is 0 Å². The van der Waals surface area contributed by atoms with Gasteiger partial charge in [-0.15, -0.1) is 0 Å². The molecule has 0 aromatic heterocycles. The summed E-state index contributed by atoms with van der Waals surface area (Å²) in [6.45, 7) is 16.6. The first-order valence-corrected chi connectivity index (χ1v) is 6.76. The van der Waals surface area contributed by atoms with Gasteiger partial charge in [-0.2, -0.15) is 0 Å². The van der Waals surface area contributed by atoms with Gasteiger partial charge in [0.1, 0.15) is 0 Å². The Bertz CT molecular complexity index is 197.